The Hall–Kier alpha value is -0.660. The molecule has 0 aromatic heterocycles. The lowest BCUT2D eigenvalue weighted by Crippen LogP contribution is -2.29. The molecule has 1 heterocycles. The lowest BCUT2D eigenvalue weighted by atomic mass is 9.75. The summed E-state index contributed by atoms with van der Waals surface area (Å²) < 4.78 is 0. The molecule has 0 bridgehead atoms. The van der Waals surface area contributed by atoms with Crippen molar-refractivity contribution in [2.75, 3.05) is 0 Å². The highest BCUT2D eigenvalue weighted by atomic mass is 14.9. The summed E-state index contributed by atoms with van der Waals surface area (Å²) in [5.74, 6) is 0.804. The fraction of sp³-hybridized carbons (Fsp3) is 0.846. The van der Waals surface area contributed by atoms with Crippen molar-refractivity contribution in [2.24, 2.45) is 21.3 Å². The van der Waals surface area contributed by atoms with Gasteiger partial charge in [0.25, 0.3) is 0 Å². The number of hydrogen-bond acceptors (Lipinski definition) is 2. The van der Waals surface area contributed by atoms with Crippen LogP contribution in [0.4, 0.5) is 0 Å². The predicted molar refractivity (Wildman–Crippen MR) is 66.0 cm³/mol. The fourth-order valence-electron chi connectivity index (χ4n) is 2.75. The molecule has 0 N–H and O–H groups in total. The molecular weight excluding hydrogens is 184 g/mol. The number of hydrogen-bond donors (Lipinski definition) is 0. The molecule has 2 nitrogen and oxygen atoms in total. The van der Waals surface area contributed by atoms with E-state index in [1.807, 2.05) is 12.4 Å². The molecule has 2 rings (SSSR count). The van der Waals surface area contributed by atoms with Crippen molar-refractivity contribution in [3.8, 4) is 0 Å². The van der Waals surface area contributed by atoms with Crippen LogP contribution in [0.2, 0.25) is 0 Å². The van der Waals surface area contributed by atoms with Crippen molar-refractivity contribution in [1.29, 1.82) is 0 Å². The van der Waals surface area contributed by atoms with Crippen molar-refractivity contribution < 1.29 is 0 Å². The number of rotatable bonds is 0. The van der Waals surface area contributed by atoms with Gasteiger partial charge in [-0.05, 0) is 30.6 Å². The SMILES string of the molecule is CC(C)(C)C1CCCC2N=CC=NC2C1. The van der Waals surface area contributed by atoms with Gasteiger partial charge < -0.3 is 0 Å². The molecule has 0 saturated heterocycles. The molecule has 1 aliphatic carbocycles. The Morgan fingerprint density at radius 1 is 1.00 bits per heavy atom. The quantitative estimate of drug-likeness (QED) is 0.582. The molecule has 0 amide bonds. The minimum absolute atomic E-state index is 0.422. The molecule has 0 aromatic carbocycles. The molecule has 1 aliphatic heterocycles. The summed E-state index contributed by atoms with van der Waals surface area (Å²) in [6, 6.07) is 0.934. The van der Waals surface area contributed by atoms with E-state index in [-0.39, 0.29) is 0 Å². The van der Waals surface area contributed by atoms with Crippen LogP contribution in [0.15, 0.2) is 9.98 Å². The second-order valence-corrected chi connectivity index (χ2v) is 5.96. The second-order valence-electron chi connectivity index (χ2n) is 5.96. The summed E-state index contributed by atoms with van der Waals surface area (Å²) in [5, 5.41) is 0. The second kappa shape index (κ2) is 4.07. The van der Waals surface area contributed by atoms with Gasteiger partial charge in [0.2, 0.25) is 0 Å². The van der Waals surface area contributed by atoms with E-state index >= 15 is 0 Å². The van der Waals surface area contributed by atoms with Crippen LogP contribution in [0.1, 0.15) is 46.5 Å². The van der Waals surface area contributed by atoms with Gasteiger partial charge in [-0.3, -0.25) is 9.98 Å². The first-order chi connectivity index (χ1) is 7.07. The summed E-state index contributed by atoms with van der Waals surface area (Å²) in [5.41, 5.74) is 0.422. The Balaban J connectivity index is 2.09. The maximum Gasteiger partial charge on any atom is 0.0726 e. The van der Waals surface area contributed by atoms with Crippen molar-refractivity contribution in [2.45, 2.75) is 58.5 Å². The van der Waals surface area contributed by atoms with Gasteiger partial charge in [-0.25, -0.2) is 0 Å². The van der Waals surface area contributed by atoms with E-state index < -0.39 is 0 Å². The normalized spacial score (nSPS) is 36.1. The Morgan fingerprint density at radius 2 is 1.67 bits per heavy atom. The van der Waals surface area contributed by atoms with Crippen LogP contribution in [-0.2, 0) is 0 Å². The van der Waals surface area contributed by atoms with E-state index in [1.54, 1.807) is 0 Å². The molecule has 3 atom stereocenters. The molecule has 1 saturated carbocycles. The number of nitrogens with zero attached hydrogens (tertiary/aromatic N) is 2. The summed E-state index contributed by atoms with van der Waals surface area (Å²) in [6.45, 7) is 7.06. The zero-order valence-corrected chi connectivity index (χ0v) is 10.1. The van der Waals surface area contributed by atoms with Crippen LogP contribution in [0.25, 0.3) is 0 Å². The third-order valence-corrected chi connectivity index (χ3v) is 3.87. The lowest BCUT2D eigenvalue weighted by Gasteiger charge is -2.31. The van der Waals surface area contributed by atoms with Crippen LogP contribution in [0.3, 0.4) is 0 Å². The molecule has 0 radical (unpaired) electrons. The van der Waals surface area contributed by atoms with Gasteiger partial charge in [0.1, 0.15) is 0 Å². The largest absolute Gasteiger partial charge is 0.286 e. The third kappa shape index (κ3) is 2.47. The number of aliphatic imine (C=N–C) groups is 2. The molecule has 84 valence electrons. The zero-order valence-electron chi connectivity index (χ0n) is 10.1. The summed E-state index contributed by atoms with van der Waals surface area (Å²) in [4.78, 5) is 9.15. The maximum absolute atomic E-state index is 4.60. The Morgan fingerprint density at radius 3 is 2.33 bits per heavy atom. The van der Waals surface area contributed by atoms with Crippen molar-refractivity contribution in [1.82, 2.24) is 0 Å². The molecule has 0 aromatic rings. The van der Waals surface area contributed by atoms with Gasteiger partial charge in [0.15, 0.2) is 0 Å². The van der Waals surface area contributed by atoms with E-state index in [0.717, 1.165) is 5.92 Å². The highest BCUT2D eigenvalue weighted by molar-refractivity contribution is 6.16. The third-order valence-electron chi connectivity index (χ3n) is 3.87. The van der Waals surface area contributed by atoms with Crippen LogP contribution < -0.4 is 0 Å². The zero-order chi connectivity index (χ0) is 10.9. The monoisotopic (exact) mass is 206 g/mol. The highest BCUT2D eigenvalue weighted by Gasteiger charge is 2.33. The lowest BCUT2D eigenvalue weighted by molar-refractivity contribution is 0.207. The van der Waals surface area contributed by atoms with Crippen LogP contribution in [-0.4, -0.2) is 24.5 Å². The topological polar surface area (TPSA) is 24.7 Å². The van der Waals surface area contributed by atoms with Crippen LogP contribution in [0.5, 0.6) is 0 Å². The average molecular weight is 206 g/mol. The van der Waals surface area contributed by atoms with E-state index in [9.17, 15) is 0 Å². The Bertz CT molecular complexity index is 273. The molecule has 3 unspecified atom stereocenters. The van der Waals surface area contributed by atoms with Gasteiger partial charge in [-0.1, -0.05) is 27.2 Å². The molecule has 0 spiro atoms. The van der Waals surface area contributed by atoms with Crippen molar-refractivity contribution in [3.05, 3.63) is 0 Å². The smallest absolute Gasteiger partial charge is 0.0726 e. The molecule has 2 aliphatic rings. The highest BCUT2D eigenvalue weighted by Crippen LogP contribution is 2.38. The minimum Gasteiger partial charge on any atom is -0.286 e. The maximum atomic E-state index is 4.60. The fourth-order valence-corrected chi connectivity index (χ4v) is 2.75. The van der Waals surface area contributed by atoms with Crippen molar-refractivity contribution in [3.63, 3.8) is 0 Å². The van der Waals surface area contributed by atoms with Gasteiger partial charge >= 0.3 is 0 Å². The van der Waals surface area contributed by atoms with E-state index in [4.69, 9.17) is 0 Å². The summed E-state index contributed by atoms with van der Waals surface area (Å²) >= 11 is 0. The average Bonchev–Trinajstić information content (AvgIpc) is 2.38. The molecule has 15 heavy (non-hydrogen) atoms. The molecular formula is C13H22N2. The first kappa shape index (κ1) is 10.8. The molecule has 1 fully saturated rings. The van der Waals surface area contributed by atoms with Crippen molar-refractivity contribution >= 4 is 12.4 Å². The summed E-state index contributed by atoms with van der Waals surface area (Å²) in [7, 11) is 0. The molecule has 2 heteroatoms. The van der Waals surface area contributed by atoms with E-state index in [2.05, 4.69) is 30.8 Å². The Labute approximate surface area is 92.9 Å². The van der Waals surface area contributed by atoms with E-state index in [1.165, 1.54) is 25.7 Å². The van der Waals surface area contributed by atoms with Gasteiger partial charge in [-0.15, -0.1) is 0 Å². The van der Waals surface area contributed by atoms with Gasteiger partial charge in [-0.2, -0.15) is 0 Å². The Kier molecular flexibility index (Phi) is 2.94. The van der Waals surface area contributed by atoms with Gasteiger partial charge in [0.05, 0.1) is 12.1 Å². The minimum atomic E-state index is 0.422. The standard InChI is InChI=1S/C13H22N2/c1-13(2,3)10-5-4-6-11-12(9-10)15-8-7-14-11/h7-8,10-12H,4-6,9H2,1-3H3. The first-order valence-electron chi connectivity index (χ1n) is 6.12. The van der Waals surface area contributed by atoms with Crippen LogP contribution in [0, 0.1) is 11.3 Å². The first-order valence-corrected chi connectivity index (χ1v) is 6.12. The van der Waals surface area contributed by atoms with Gasteiger partial charge in [0, 0.05) is 12.4 Å². The number of fused-ring (bicyclic) bond motifs is 1. The summed E-state index contributed by atoms with van der Waals surface area (Å²) in [6.07, 6.45) is 8.87. The predicted octanol–water partition coefficient (Wildman–Crippen LogP) is 3.12. The van der Waals surface area contributed by atoms with Crippen LogP contribution >= 0.6 is 0 Å². The van der Waals surface area contributed by atoms with E-state index in [0.29, 0.717) is 17.5 Å².